The van der Waals surface area contributed by atoms with Gasteiger partial charge in [-0.05, 0) is 45.0 Å². The predicted octanol–water partition coefficient (Wildman–Crippen LogP) is 2.11. The zero-order chi connectivity index (χ0) is 17.9. The molecule has 1 aliphatic carbocycles. The van der Waals surface area contributed by atoms with Gasteiger partial charge in [0.1, 0.15) is 0 Å². The molecule has 1 saturated carbocycles. The highest BCUT2D eigenvalue weighted by Crippen LogP contribution is 2.24. The maximum atomic E-state index is 12.6. The average Bonchev–Trinajstić information content (AvgIpc) is 3.26. The first kappa shape index (κ1) is 18.0. The van der Waals surface area contributed by atoms with E-state index in [4.69, 9.17) is 4.52 Å². The van der Waals surface area contributed by atoms with Crippen LogP contribution in [-0.4, -0.2) is 37.7 Å². The number of benzene rings is 1. The molecule has 1 aromatic heterocycles. The molecule has 1 fully saturated rings. The minimum atomic E-state index is -3.54. The predicted molar refractivity (Wildman–Crippen MR) is 94.5 cm³/mol. The van der Waals surface area contributed by atoms with Crippen molar-refractivity contribution in [3.05, 3.63) is 30.1 Å². The van der Waals surface area contributed by atoms with Crippen molar-refractivity contribution in [2.45, 2.75) is 56.0 Å². The number of sulfonamides is 1. The third-order valence-electron chi connectivity index (χ3n) is 4.52. The molecule has 0 aliphatic heterocycles. The van der Waals surface area contributed by atoms with Crippen LogP contribution >= 0.6 is 0 Å². The van der Waals surface area contributed by atoms with Crippen LogP contribution in [-0.2, 0) is 16.4 Å². The summed E-state index contributed by atoms with van der Waals surface area (Å²) in [6.07, 6.45) is 4.58. The number of rotatable bonds is 7. The molecule has 0 spiro atoms. The van der Waals surface area contributed by atoms with Crippen LogP contribution in [0.1, 0.15) is 38.4 Å². The minimum absolute atomic E-state index is 0.0340. The molecule has 1 aromatic carbocycles. The Morgan fingerprint density at radius 1 is 1.32 bits per heavy atom. The molecule has 7 nitrogen and oxygen atoms in total. The number of hydrogen-bond acceptors (Lipinski definition) is 6. The first-order valence-corrected chi connectivity index (χ1v) is 10.1. The lowest BCUT2D eigenvalue weighted by molar-refractivity contribution is 0.418. The normalized spacial score (nSPS) is 17.0. The zero-order valence-corrected chi connectivity index (χ0v) is 15.3. The smallest absolute Gasteiger partial charge is 0.257 e. The Kier molecular flexibility index (Phi) is 5.51. The van der Waals surface area contributed by atoms with Crippen LogP contribution in [0.4, 0.5) is 0 Å². The van der Waals surface area contributed by atoms with Crippen molar-refractivity contribution >= 4 is 10.0 Å². The summed E-state index contributed by atoms with van der Waals surface area (Å²) in [5.74, 6) is 0.922. The van der Waals surface area contributed by atoms with Crippen molar-refractivity contribution in [3.63, 3.8) is 0 Å². The van der Waals surface area contributed by atoms with E-state index in [1.807, 2.05) is 14.0 Å². The maximum absolute atomic E-state index is 12.6. The van der Waals surface area contributed by atoms with Crippen molar-refractivity contribution in [1.29, 1.82) is 0 Å². The summed E-state index contributed by atoms with van der Waals surface area (Å²) in [6.45, 7) is 2.03. The molecule has 136 valence electrons. The largest absolute Gasteiger partial charge is 0.334 e. The monoisotopic (exact) mass is 364 g/mol. The van der Waals surface area contributed by atoms with Gasteiger partial charge in [0.15, 0.2) is 5.82 Å². The van der Waals surface area contributed by atoms with Crippen LogP contribution in [0.25, 0.3) is 11.5 Å². The van der Waals surface area contributed by atoms with Crippen molar-refractivity contribution < 1.29 is 12.9 Å². The Hall–Kier alpha value is -1.77. The molecule has 1 atom stereocenters. The van der Waals surface area contributed by atoms with Crippen LogP contribution < -0.4 is 10.0 Å². The molecular weight excluding hydrogens is 340 g/mol. The Balaban J connectivity index is 1.79. The molecule has 2 N–H and O–H groups in total. The lowest BCUT2D eigenvalue weighted by Crippen LogP contribution is -2.32. The minimum Gasteiger partial charge on any atom is -0.334 e. The second-order valence-electron chi connectivity index (χ2n) is 6.54. The van der Waals surface area contributed by atoms with Crippen molar-refractivity contribution in [2.75, 3.05) is 7.05 Å². The molecule has 8 heteroatoms. The van der Waals surface area contributed by atoms with Gasteiger partial charge in [-0.3, -0.25) is 0 Å². The quantitative estimate of drug-likeness (QED) is 0.781. The van der Waals surface area contributed by atoms with E-state index in [2.05, 4.69) is 20.2 Å². The number of nitrogens with zero attached hydrogens (tertiary/aromatic N) is 2. The molecule has 1 aliphatic rings. The van der Waals surface area contributed by atoms with E-state index in [0.29, 0.717) is 23.7 Å². The second-order valence-corrected chi connectivity index (χ2v) is 8.25. The average molecular weight is 364 g/mol. The van der Waals surface area contributed by atoms with E-state index in [9.17, 15) is 8.42 Å². The van der Waals surface area contributed by atoms with E-state index in [1.165, 1.54) is 0 Å². The maximum Gasteiger partial charge on any atom is 0.257 e. The summed E-state index contributed by atoms with van der Waals surface area (Å²) in [7, 11) is -1.67. The van der Waals surface area contributed by atoms with Crippen molar-refractivity contribution in [2.24, 2.45) is 0 Å². The number of aromatic nitrogens is 2. The third kappa shape index (κ3) is 4.45. The fourth-order valence-corrected chi connectivity index (χ4v) is 4.31. The highest BCUT2D eigenvalue weighted by atomic mass is 32.2. The van der Waals surface area contributed by atoms with Crippen molar-refractivity contribution in [3.8, 4) is 11.5 Å². The lowest BCUT2D eigenvalue weighted by atomic mass is 10.2. The molecular formula is C17H24N4O3S. The third-order valence-corrected chi connectivity index (χ3v) is 6.04. The summed E-state index contributed by atoms with van der Waals surface area (Å²) < 4.78 is 33.2. The molecule has 2 aromatic rings. The molecule has 0 saturated heterocycles. The molecule has 1 unspecified atom stereocenters. The molecule has 0 bridgehead atoms. The summed E-state index contributed by atoms with van der Waals surface area (Å²) in [5.41, 5.74) is 0.602. The Labute approximate surface area is 148 Å². The number of likely N-dealkylation sites (N-methyl/N-ethyl adjacent to an activating group) is 1. The summed E-state index contributed by atoms with van der Waals surface area (Å²) >= 11 is 0. The first-order chi connectivity index (χ1) is 12.0. The van der Waals surface area contributed by atoms with Gasteiger partial charge in [0.05, 0.1) is 4.90 Å². The number of nitrogens with one attached hydrogen (secondary N) is 2. The Bertz CT molecular complexity index is 813. The Morgan fingerprint density at radius 3 is 2.80 bits per heavy atom. The van der Waals surface area contributed by atoms with Gasteiger partial charge in [0.2, 0.25) is 10.0 Å². The zero-order valence-electron chi connectivity index (χ0n) is 14.5. The van der Waals surface area contributed by atoms with Gasteiger partial charge < -0.3 is 9.84 Å². The topological polar surface area (TPSA) is 97.1 Å². The van der Waals surface area contributed by atoms with Crippen LogP contribution in [0.3, 0.4) is 0 Å². The van der Waals surface area contributed by atoms with Crippen molar-refractivity contribution in [1.82, 2.24) is 20.2 Å². The lowest BCUT2D eigenvalue weighted by Gasteiger charge is -2.12. The fraction of sp³-hybridized carbons (Fsp3) is 0.529. The van der Waals surface area contributed by atoms with Gasteiger partial charge in [-0.25, -0.2) is 13.1 Å². The van der Waals surface area contributed by atoms with Gasteiger partial charge in [-0.15, -0.1) is 0 Å². The SMILES string of the molecule is CNC(C)Cc1noc(-c2cccc(S(=O)(=O)NC3CCCC3)c2)n1. The summed E-state index contributed by atoms with van der Waals surface area (Å²) in [5, 5.41) is 7.08. The summed E-state index contributed by atoms with van der Waals surface area (Å²) in [4.78, 5) is 4.58. The number of hydrogen-bond donors (Lipinski definition) is 2. The van der Waals surface area contributed by atoms with Crippen LogP contribution in [0.2, 0.25) is 0 Å². The highest BCUT2D eigenvalue weighted by molar-refractivity contribution is 7.89. The van der Waals surface area contributed by atoms with Gasteiger partial charge in [-0.1, -0.05) is 24.1 Å². The van der Waals surface area contributed by atoms with Crippen LogP contribution in [0.5, 0.6) is 0 Å². The van der Waals surface area contributed by atoms with E-state index in [-0.39, 0.29) is 17.0 Å². The molecule has 0 amide bonds. The van der Waals surface area contributed by atoms with Gasteiger partial charge in [0, 0.05) is 24.1 Å². The molecule has 3 rings (SSSR count). The molecule has 0 radical (unpaired) electrons. The van der Waals surface area contributed by atoms with E-state index >= 15 is 0 Å². The van der Waals surface area contributed by atoms with Gasteiger partial charge >= 0.3 is 0 Å². The molecule has 25 heavy (non-hydrogen) atoms. The fourth-order valence-electron chi connectivity index (χ4n) is 2.96. The van der Waals surface area contributed by atoms with Crippen LogP contribution in [0, 0.1) is 0 Å². The standard InChI is InChI=1S/C17H24N4O3S/c1-12(18-2)10-16-19-17(24-20-16)13-6-5-9-15(11-13)25(22,23)21-14-7-3-4-8-14/h5-6,9,11-12,14,18,21H,3-4,7-8,10H2,1-2H3. The van der Waals surface area contributed by atoms with Crippen LogP contribution in [0.15, 0.2) is 33.7 Å². The first-order valence-electron chi connectivity index (χ1n) is 8.60. The highest BCUT2D eigenvalue weighted by Gasteiger charge is 2.23. The Morgan fingerprint density at radius 2 is 2.08 bits per heavy atom. The van der Waals surface area contributed by atoms with E-state index in [1.54, 1.807) is 24.3 Å². The summed E-state index contributed by atoms with van der Waals surface area (Å²) in [6, 6.07) is 6.89. The second kappa shape index (κ2) is 7.63. The molecule has 1 heterocycles. The van der Waals surface area contributed by atoms with E-state index in [0.717, 1.165) is 25.7 Å². The van der Waals surface area contributed by atoms with Gasteiger partial charge in [0.25, 0.3) is 5.89 Å². The van der Waals surface area contributed by atoms with Gasteiger partial charge in [-0.2, -0.15) is 4.98 Å². The van der Waals surface area contributed by atoms with E-state index < -0.39 is 10.0 Å².